The second-order valence-corrected chi connectivity index (χ2v) is 9.24. The van der Waals surface area contributed by atoms with Gasteiger partial charge in [-0.05, 0) is 88.1 Å². The molecule has 0 bridgehead atoms. The van der Waals surface area contributed by atoms with Crippen LogP contribution in [-0.2, 0) is 0 Å². The van der Waals surface area contributed by atoms with E-state index in [0.717, 1.165) is 80.0 Å². The lowest BCUT2D eigenvalue weighted by atomic mass is 9.92. The molecule has 180 valence electrons. The van der Waals surface area contributed by atoms with E-state index in [1.54, 1.807) is 12.4 Å². The van der Waals surface area contributed by atoms with Gasteiger partial charge in [-0.1, -0.05) is 11.6 Å². The topological polar surface area (TPSA) is 93.4 Å². The van der Waals surface area contributed by atoms with Crippen molar-refractivity contribution in [2.75, 3.05) is 37.7 Å². The number of piperidine rings is 1. The monoisotopic (exact) mass is 473 g/mol. The van der Waals surface area contributed by atoms with Gasteiger partial charge in [0.2, 0.25) is 5.95 Å². The number of unbranched alkanes of at least 4 members (excludes halogenated alkanes) is 1. The number of benzene rings is 1. The minimum Gasteiger partial charge on any atom is -0.494 e. The van der Waals surface area contributed by atoms with Gasteiger partial charge in [-0.2, -0.15) is 0 Å². The van der Waals surface area contributed by atoms with Crippen molar-refractivity contribution in [1.82, 2.24) is 15.3 Å². The van der Waals surface area contributed by atoms with Gasteiger partial charge in [-0.25, -0.2) is 9.97 Å². The van der Waals surface area contributed by atoms with Crippen LogP contribution < -0.4 is 20.7 Å². The molecule has 1 aliphatic heterocycles. The molecule has 8 heteroatoms. The molecule has 33 heavy (non-hydrogen) atoms. The average molecular weight is 474 g/mol. The summed E-state index contributed by atoms with van der Waals surface area (Å²) in [5, 5.41) is 3.55. The smallest absolute Gasteiger partial charge is 0.251 e. The van der Waals surface area contributed by atoms with Crippen LogP contribution in [0.15, 0.2) is 24.5 Å². The highest BCUT2D eigenvalue weighted by atomic mass is 35.5. The first kappa shape index (κ1) is 25.2. The Labute approximate surface area is 202 Å². The normalized spacial score (nSPS) is 14.4. The summed E-state index contributed by atoms with van der Waals surface area (Å²) >= 11 is 5.88. The standard InChI is InChI=1S/C25H36ClN5O2/c1-18-14-22(15-19(2)23(18)24(32)28-10-4-3-9-27)33-13-5-6-20-7-11-31(12-8-20)25-29-16-21(26)17-30-25/h14-17,20H,3-13,27H2,1-2H3,(H,28,32). The molecule has 0 spiro atoms. The predicted molar refractivity (Wildman–Crippen MR) is 133 cm³/mol. The Morgan fingerprint density at radius 1 is 1.15 bits per heavy atom. The molecule has 1 amide bonds. The summed E-state index contributed by atoms with van der Waals surface area (Å²) in [7, 11) is 0. The van der Waals surface area contributed by atoms with Gasteiger partial charge in [0.1, 0.15) is 5.75 Å². The van der Waals surface area contributed by atoms with Gasteiger partial charge < -0.3 is 20.7 Å². The molecule has 0 radical (unpaired) electrons. The van der Waals surface area contributed by atoms with E-state index in [9.17, 15) is 4.79 Å². The molecular weight excluding hydrogens is 438 g/mol. The zero-order valence-corrected chi connectivity index (χ0v) is 20.5. The van der Waals surface area contributed by atoms with Gasteiger partial charge in [0.15, 0.2) is 0 Å². The molecule has 0 atom stereocenters. The molecule has 1 aromatic carbocycles. The number of anilines is 1. The lowest BCUT2D eigenvalue weighted by Gasteiger charge is -2.32. The third-order valence-electron chi connectivity index (χ3n) is 6.18. The van der Waals surface area contributed by atoms with Gasteiger partial charge in [-0.3, -0.25) is 4.79 Å². The summed E-state index contributed by atoms with van der Waals surface area (Å²) in [6.07, 6.45) is 9.56. The lowest BCUT2D eigenvalue weighted by molar-refractivity contribution is 0.0951. The maximum Gasteiger partial charge on any atom is 0.251 e. The summed E-state index contributed by atoms with van der Waals surface area (Å²) in [6.45, 7) is 7.86. The Bertz CT molecular complexity index is 875. The van der Waals surface area contributed by atoms with Crippen molar-refractivity contribution in [3.8, 4) is 5.75 Å². The Hall–Kier alpha value is -2.38. The van der Waals surface area contributed by atoms with E-state index in [1.165, 1.54) is 0 Å². The lowest BCUT2D eigenvalue weighted by Crippen LogP contribution is -2.34. The number of hydrogen-bond acceptors (Lipinski definition) is 6. The third-order valence-corrected chi connectivity index (χ3v) is 6.37. The number of aryl methyl sites for hydroxylation is 2. The second-order valence-electron chi connectivity index (χ2n) is 8.81. The number of nitrogens with two attached hydrogens (primary N) is 1. The summed E-state index contributed by atoms with van der Waals surface area (Å²) in [5.74, 6) is 2.27. The molecule has 1 saturated heterocycles. The van der Waals surface area contributed by atoms with Crippen LogP contribution in [0.4, 0.5) is 5.95 Å². The first-order valence-electron chi connectivity index (χ1n) is 11.9. The van der Waals surface area contributed by atoms with Crippen molar-refractivity contribution in [3.63, 3.8) is 0 Å². The first-order valence-corrected chi connectivity index (χ1v) is 12.3. The molecular formula is C25H36ClN5O2. The van der Waals surface area contributed by atoms with Gasteiger partial charge in [0.25, 0.3) is 5.91 Å². The summed E-state index contributed by atoms with van der Waals surface area (Å²) in [4.78, 5) is 23.4. The number of rotatable bonds is 11. The summed E-state index contributed by atoms with van der Waals surface area (Å²) in [6, 6.07) is 3.93. The van der Waals surface area contributed by atoms with E-state index in [1.807, 2.05) is 26.0 Å². The fourth-order valence-corrected chi connectivity index (χ4v) is 4.47. The molecule has 0 saturated carbocycles. The number of hydrogen-bond donors (Lipinski definition) is 2. The molecule has 7 nitrogen and oxygen atoms in total. The Morgan fingerprint density at radius 3 is 2.45 bits per heavy atom. The number of aromatic nitrogens is 2. The summed E-state index contributed by atoms with van der Waals surface area (Å²) in [5.41, 5.74) is 8.14. The first-order chi connectivity index (χ1) is 16.0. The summed E-state index contributed by atoms with van der Waals surface area (Å²) < 4.78 is 6.02. The quantitative estimate of drug-likeness (QED) is 0.473. The maximum absolute atomic E-state index is 12.5. The van der Waals surface area contributed by atoms with Crippen LogP contribution in [0.5, 0.6) is 5.75 Å². The van der Waals surface area contributed by atoms with Crippen molar-refractivity contribution in [3.05, 3.63) is 46.2 Å². The minimum atomic E-state index is -0.0242. The van der Waals surface area contributed by atoms with Crippen molar-refractivity contribution < 1.29 is 9.53 Å². The SMILES string of the molecule is Cc1cc(OCCCC2CCN(c3ncc(Cl)cn3)CC2)cc(C)c1C(=O)NCCCCN. The van der Waals surface area contributed by atoms with E-state index < -0.39 is 0 Å². The van der Waals surface area contributed by atoms with Crippen molar-refractivity contribution in [2.45, 2.75) is 52.4 Å². The van der Waals surface area contributed by atoms with Crippen molar-refractivity contribution in [1.29, 1.82) is 0 Å². The number of halogens is 1. The van der Waals surface area contributed by atoms with Crippen LogP contribution in [0, 0.1) is 19.8 Å². The molecule has 3 N–H and O–H groups in total. The van der Waals surface area contributed by atoms with Crippen LogP contribution >= 0.6 is 11.6 Å². The van der Waals surface area contributed by atoms with Crippen LogP contribution in [0.3, 0.4) is 0 Å². The van der Waals surface area contributed by atoms with Crippen molar-refractivity contribution >= 4 is 23.5 Å². The zero-order chi connectivity index (χ0) is 23.6. The van der Waals surface area contributed by atoms with E-state index in [-0.39, 0.29) is 5.91 Å². The van der Waals surface area contributed by atoms with Gasteiger partial charge >= 0.3 is 0 Å². The number of nitrogens with one attached hydrogen (secondary N) is 1. The van der Waals surface area contributed by atoms with E-state index in [4.69, 9.17) is 22.1 Å². The zero-order valence-electron chi connectivity index (χ0n) is 19.8. The van der Waals surface area contributed by atoms with Gasteiger partial charge in [0, 0.05) is 25.2 Å². The fraction of sp³-hybridized carbons (Fsp3) is 0.560. The highest BCUT2D eigenvalue weighted by molar-refractivity contribution is 6.30. The number of carbonyl (C=O) groups is 1. The number of ether oxygens (including phenoxy) is 1. The predicted octanol–water partition coefficient (Wildman–Crippen LogP) is 4.29. The molecule has 2 aromatic rings. The van der Waals surface area contributed by atoms with Crippen LogP contribution in [0.2, 0.25) is 5.02 Å². The highest BCUT2D eigenvalue weighted by Gasteiger charge is 2.21. The highest BCUT2D eigenvalue weighted by Crippen LogP contribution is 2.26. The Morgan fingerprint density at radius 2 is 1.82 bits per heavy atom. The third kappa shape index (κ3) is 7.57. The number of nitrogens with zero attached hydrogens (tertiary/aromatic N) is 3. The van der Waals surface area contributed by atoms with E-state index >= 15 is 0 Å². The largest absolute Gasteiger partial charge is 0.494 e. The van der Waals surface area contributed by atoms with E-state index in [0.29, 0.717) is 30.6 Å². The van der Waals surface area contributed by atoms with Crippen LogP contribution in [0.25, 0.3) is 0 Å². The molecule has 1 aromatic heterocycles. The maximum atomic E-state index is 12.5. The molecule has 3 rings (SSSR count). The van der Waals surface area contributed by atoms with Crippen LogP contribution in [-0.4, -0.2) is 48.7 Å². The number of carbonyl (C=O) groups excluding carboxylic acids is 1. The second kappa shape index (κ2) is 12.8. The van der Waals surface area contributed by atoms with E-state index in [2.05, 4.69) is 20.2 Å². The number of amides is 1. The van der Waals surface area contributed by atoms with Crippen LogP contribution in [0.1, 0.15) is 60.0 Å². The molecule has 0 aliphatic carbocycles. The molecule has 1 fully saturated rings. The molecule has 1 aliphatic rings. The minimum absolute atomic E-state index is 0.0242. The van der Waals surface area contributed by atoms with Crippen molar-refractivity contribution in [2.24, 2.45) is 11.7 Å². The Kier molecular flexibility index (Phi) is 9.76. The fourth-order valence-electron chi connectivity index (χ4n) is 4.38. The van der Waals surface area contributed by atoms with Gasteiger partial charge in [0.05, 0.1) is 24.0 Å². The Balaban J connectivity index is 1.39. The average Bonchev–Trinajstić information content (AvgIpc) is 2.80. The van der Waals surface area contributed by atoms with Gasteiger partial charge in [-0.15, -0.1) is 0 Å². The molecule has 2 heterocycles. The molecule has 0 unspecified atom stereocenters.